The van der Waals surface area contributed by atoms with Crippen LogP contribution in [-0.2, 0) is 9.59 Å². The number of carbonyl (C=O) groups excluding carboxylic acids is 2. The van der Waals surface area contributed by atoms with Gasteiger partial charge in [0, 0.05) is 23.7 Å². The third kappa shape index (κ3) is 5.30. The number of anilines is 1. The van der Waals surface area contributed by atoms with E-state index < -0.39 is 5.97 Å². The molecule has 5 nitrogen and oxygen atoms in total. The fraction of sp³-hybridized carbons (Fsp3) is 0.176. The number of halogens is 1. The van der Waals surface area contributed by atoms with Gasteiger partial charge in [0.15, 0.2) is 6.61 Å². The molecule has 2 aromatic rings. The quantitative estimate of drug-likeness (QED) is 0.671. The molecule has 0 aliphatic heterocycles. The zero-order valence-corrected chi connectivity index (χ0v) is 13.5. The lowest BCUT2D eigenvalue weighted by atomic mass is 10.2. The minimum atomic E-state index is -0.544. The van der Waals surface area contributed by atoms with Gasteiger partial charge in [0.1, 0.15) is 11.5 Å². The molecule has 0 aliphatic carbocycles. The summed E-state index contributed by atoms with van der Waals surface area (Å²) in [4.78, 5) is 22.8. The predicted molar refractivity (Wildman–Crippen MR) is 88.1 cm³/mol. The van der Waals surface area contributed by atoms with Crippen LogP contribution < -0.4 is 14.8 Å². The summed E-state index contributed by atoms with van der Waals surface area (Å²) in [5.74, 6) is 0.125. The van der Waals surface area contributed by atoms with Gasteiger partial charge in [-0.05, 0) is 42.8 Å². The van der Waals surface area contributed by atoms with Crippen molar-refractivity contribution in [1.82, 2.24) is 0 Å². The fourth-order valence-electron chi connectivity index (χ4n) is 1.85. The maximum Gasteiger partial charge on any atom is 0.349 e. The van der Waals surface area contributed by atoms with E-state index in [-0.39, 0.29) is 12.5 Å². The number of hydrogen-bond donors (Lipinski definition) is 1. The van der Waals surface area contributed by atoms with E-state index in [0.29, 0.717) is 22.2 Å². The zero-order chi connectivity index (χ0) is 16.8. The van der Waals surface area contributed by atoms with Gasteiger partial charge >= 0.3 is 5.97 Å². The van der Waals surface area contributed by atoms with Gasteiger partial charge in [-0.1, -0.05) is 17.7 Å². The van der Waals surface area contributed by atoms with E-state index in [1.807, 2.05) is 6.92 Å². The van der Waals surface area contributed by atoms with Crippen LogP contribution in [0.25, 0.3) is 0 Å². The minimum absolute atomic E-state index is 0.199. The lowest BCUT2D eigenvalue weighted by molar-refractivity contribution is -0.136. The first kappa shape index (κ1) is 16.8. The molecule has 0 saturated carbocycles. The molecule has 2 aromatic carbocycles. The van der Waals surface area contributed by atoms with Crippen LogP contribution in [0.4, 0.5) is 5.69 Å². The van der Waals surface area contributed by atoms with Crippen LogP contribution in [0.3, 0.4) is 0 Å². The maximum atomic E-state index is 11.8. The number of rotatable bonds is 5. The average molecular weight is 334 g/mol. The van der Waals surface area contributed by atoms with Gasteiger partial charge in [0.2, 0.25) is 5.91 Å². The summed E-state index contributed by atoms with van der Waals surface area (Å²) in [7, 11) is 0. The Balaban J connectivity index is 1.91. The van der Waals surface area contributed by atoms with Crippen molar-refractivity contribution >= 4 is 29.2 Å². The van der Waals surface area contributed by atoms with Crippen LogP contribution in [0.1, 0.15) is 12.5 Å². The van der Waals surface area contributed by atoms with Gasteiger partial charge in [-0.15, -0.1) is 0 Å². The molecule has 0 saturated heterocycles. The van der Waals surface area contributed by atoms with Crippen molar-refractivity contribution in [3.8, 4) is 11.5 Å². The second-order valence-electron chi connectivity index (χ2n) is 4.88. The summed E-state index contributed by atoms with van der Waals surface area (Å²) in [6, 6.07) is 11.7. The highest BCUT2D eigenvalue weighted by Gasteiger charge is 2.08. The number of nitrogens with one attached hydrogen (secondary N) is 1. The molecular formula is C17H16ClNO4. The van der Waals surface area contributed by atoms with Crippen LogP contribution in [0.5, 0.6) is 11.5 Å². The summed E-state index contributed by atoms with van der Waals surface area (Å²) < 4.78 is 10.5. The van der Waals surface area contributed by atoms with Crippen molar-refractivity contribution < 1.29 is 19.1 Å². The van der Waals surface area contributed by atoms with Gasteiger partial charge in [-0.25, -0.2) is 4.79 Å². The first-order valence-corrected chi connectivity index (χ1v) is 7.29. The van der Waals surface area contributed by atoms with Gasteiger partial charge in [-0.3, -0.25) is 4.79 Å². The van der Waals surface area contributed by atoms with Crippen molar-refractivity contribution in [2.75, 3.05) is 11.9 Å². The number of amides is 1. The smallest absolute Gasteiger partial charge is 0.349 e. The second-order valence-corrected chi connectivity index (χ2v) is 5.29. The minimum Gasteiger partial charge on any atom is -0.482 e. The number of ether oxygens (including phenoxy) is 2. The maximum absolute atomic E-state index is 11.8. The van der Waals surface area contributed by atoms with Crippen LogP contribution in [0.2, 0.25) is 5.02 Å². The third-order valence-corrected chi connectivity index (χ3v) is 3.30. The largest absolute Gasteiger partial charge is 0.482 e. The van der Waals surface area contributed by atoms with Crippen molar-refractivity contribution in [1.29, 1.82) is 0 Å². The SMILES string of the molecule is CC(=O)Nc1cccc(OC(=O)COc2ccc(Cl)c(C)c2)c1. The number of carbonyl (C=O) groups is 2. The molecule has 23 heavy (non-hydrogen) atoms. The fourth-order valence-corrected chi connectivity index (χ4v) is 1.97. The van der Waals surface area contributed by atoms with Crippen molar-refractivity contribution in [2.24, 2.45) is 0 Å². The Morgan fingerprint density at radius 2 is 1.91 bits per heavy atom. The number of benzene rings is 2. The van der Waals surface area contributed by atoms with Crippen molar-refractivity contribution in [2.45, 2.75) is 13.8 Å². The highest BCUT2D eigenvalue weighted by Crippen LogP contribution is 2.21. The summed E-state index contributed by atoms with van der Waals surface area (Å²) in [5, 5.41) is 3.25. The average Bonchev–Trinajstić information content (AvgIpc) is 2.48. The summed E-state index contributed by atoms with van der Waals surface area (Å²) in [6.07, 6.45) is 0. The van der Waals surface area contributed by atoms with E-state index in [2.05, 4.69) is 5.32 Å². The molecule has 6 heteroatoms. The standard InChI is InChI=1S/C17H16ClNO4/c1-11-8-14(6-7-16(11)18)22-10-17(21)23-15-5-3-4-13(9-15)19-12(2)20/h3-9H,10H2,1-2H3,(H,19,20). The molecule has 0 aromatic heterocycles. The molecular weight excluding hydrogens is 318 g/mol. The van der Waals surface area contributed by atoms with Crippen LogP contribution in [0.15, 0.2) is 42.5 Å². The van der Waals surface area contributed by atoms with Gasteiger partial charge in [0.05, 0.1) is 0 Å². The topological polar surface area (TPSA) is 64.6 Å². The van der Waals surface area contributed by atoms with Gasteiger partial charge in [0.25, 0.3) is 0 Å². The molecule has 1 amide bonds. The first-order chi connectivity index (χ1) is 10.9. The molecule has 0 atom stereocenters. The lowest BCUT2D eigenvalue weighted by Gasteiger charge is -2.09. The first-order valence-electron chi connectivity index (χ1n) is 6.91. The van der Waals surface area contributed by atoms with E-state index in [1.165, 1.54) is 6.92 Å². The molecule has 0 aliphatic rings. The Labute approximate surface area is 139 Å². The molecule has 120 valence electrons. The van der Waals surface area contributed by atoms with Crippen molar-refractivity contribution in [3.63, 3.8) is 0 Å². The van der Waals surface area contributed by atoms with Gasteiger partial charge < -0.3 is 14.8 Å². The molecule has 0 heterocycles. The second kappa shape index (κ2) is 7.65. The van der Waals surface area contributed by atoms with Crippen molar-refractivity contribution in [3.05, 3.63) is 53.1 Å². The number of esters is 1. The van der Waals surface area contributed by atoms with Crippen LogP contribution >= 0.6 is 11.6 Å². The summed E-state index contributed by atoms with van der Waals surface area (Å²) in [6.45, 7) is 3.02. The van der Waals surface area contributed by atoms with Crippen LogP contribution in [0, 0.1) is 6.92 Å². The molecule has 1 N–H and O–H groups in total. The molecule has 0 fully saturated rings. The predicted octanol–water partition coefficient (Wildman–Crippen LogP) is 3.59. The van der Waals surface area contributed by atoms with E-state index in [1.54, 1.807) is 42.5 Å². The zero-order valence-electron chi connectivity index (χ0n) is 12.8. The molecule has 2 rings (SSSR count). The Morgan fingerprint density at radius 3 is 2.61 bits per heavy atom. The number of hydrogen-bond acceptors (Lipinski definition) is 4. The Hall–Kier alpha value is -2.53. The Bertz CT molecular complexity index is 730. The van der Waals surface area contributed by atoms with E-state index >= 15 is 0 Å². The molecule has 0 bridgehead atoms. The monoisotopic (exact) mass is 333 g/mol. The third-order valence-electron chi connectivity index (χ3n) is 2.87. The number of aryl methyl sites for hydroxylation is 1. The van der Waals surface area contributed by atoms with E-state index in [9.17, 15) is 9.59 Å². The summed E-state index contributed by atoms with van der Waals surface area (Å²) in [5.41, 5.74) is 1.41. The van der Waals surface area contributed by atoms with E-state index in [4.69, 9.17) is 21.1 Å². The highest BCUT2D eigenvalue weighted by molar-refractivity contribution is 6.31. The lowest BCUT2D eigenvalue weighted by Crippen LogP contribution is -2.17. The molecule has 0 unspecified atom stereocenters. The van der Waals surface area contributed by atoms with Gasteiger partial charge in [-0.2, -0.15) is 0 Å². The Kier molecular flexibility index (Phi) is 5.60. The van der Waals surface area contributed by atoms with E-state index in [0.717, 1.165) is 5.56 Å². The Morgan fingerprint density at radius 1 is 1.13 bits per heavy atom. The normalized spacial score (nSPS) is 10.0. The van der Waals surface area contributed by atoms with Crippen LogP contribution in [-0.4, -0.2) is 18.5 Å². The highest BCUT2D eigenvalue weighted by atomic mass is 35.5. The molecule has 0 radical (unpaired) electrons. The molecule has 0 spiro atoms. The summed E-state index contributed by atoms with van der Waals surface area (Å²) >= 11 is 5.92.